The van der Waals surface area contributed by atoms with Crippen LogP contribution in [0.3, 0.4) is 0 Å². The molecule has 0 aliphatic carbocycles. The van der Waals surface area contributed by atoms with Gasteiger partial charge in [0.15, 0.2) is 0 Å². The molecule has 1 heterocycles. The summed E-state index contributed by atoms with van der Waals surface area (Å²) in [6.07, 6.45) is 4.02. The summed E-state index contributed by atoms with van der Waals surface area (Å²) in [6, 6.07) is 5.15. The first-order valence-corrected chi connectivity index (χ1v) is 8.69. The highest BCUT2D eigenvalue weighted by Crippen LogP contribution is 2.20. The number of H-pyrrole nitrogens is 1. The van der Waals surface area contributed by atoms with Crippen LogP contribution in [0.1, 0.15) is 15.9 Å². The maximum atomic E-state index is 12.2. The van der Waals surface area contributed by atoms with Gasteiger partial charge in [0.25, 0.3) is 11.7 Å². The van der Waals surface area contributed by atoms with Crippen LogP contribution in [0, 0.1) is 0 Å². The van der Waals surface area contributed by atoms with Crippen molar-refractivity contribution in [3.8, 4) is 0 Å². The molecule has 0 aliphatic heterocycles. The van der Waals surface area contributed by atoms with Gasteiger partial charge >= 0.3 is 0 Å². The van der Waals surface area contributed by atoms with E-state index in [1.807, 2.05) is 0 Å². The minimum Gasteiger partial charge on any atom is -0.360 e. The number of nitrogens with one attached hydrogen (secondary N) is 3. The van der Waals surface area contributed by atoms with Gasteiger partial charge in [-0.2, -0.15) is 0 Å². The molecule has 0 radical (unpaired) electrons. The molecule has 0 aliphatic rings. The van der Waals surface area contributed by atoms with Crippen LogP contribution < -0.4 is 10.0 Å². The van der Waals surface area contributed by atoms with Crippen LogP contribution in [0.2, 0.25) is 0 Å². The van der Waals surface area contributed by atoms with Gasteiger partial charge in [0.2, 0.25) is 10.0 Å². The van der Waals surface area contributed by atoms with E-state index in [1.165, 1.54) is 12.3 Å². The van der Waals surface area contributed by atoms with E-state index in [2.05, 4.69) is 21.6 Å². The number of Topliss-reactive ketones (excluding diaryl/α,β-unsaturated/α-hetero) is 1. The molecule has 8 heteroatoms. The predicted molar refractivity (Wildman–Crippen MR) is 87.5 cm³/mol. The molecule has 1 amide bonds. The van der Waals surface area contributed by atoms with Gasteiger partial charge in [-0.15, -0.1) is 6.58 Å². The molecule has 1 aromatic heterocycles. The number of fused-ring (bicyclic) bond motifs is 1. The zero-order chi connectivity index (χ0) is 17.0. The molecule has 2 aromatic rings. The van der Waals surface area contributed by atoms with Crippen LogP contribution in [0.25, 0.3) is 10.9 Å². The van der Waals surface area contributed by atoms with Gasteiger partial charge < -0.3 is 10.3 Å². The zero-order valence-electron chi connectivity index (χ0n) is 12.5. The van der Waals surface area contributed by atoms with Gasteiger partial charge in [0, 0.05) is 30.2 Å². The number of aromatic amines is 1. The number of ketones is 1. The third-order valence-corrected chi connectivity index (χ3v) is 3.81. The highest BCUT2D eigenvalue weighted by atomic mass is 32.2. The van der Waals surface area contributed by atoms with Gasteiger partial charge in [-0.05, 0) is 17.7 Å². The number of hydrogen-bond acceptors (Lipinski definition) is 4. The molecule has 0 saturated carbocycles. The molecule has 0 saturated heterocycles. The molecule has 0 atom stereocenters. The topological polar surface area (TPSA) is 108 Å². The third-order valence-electron chi connectivity index (χ3n) is 3.14. The molecule has 0 unspecified atom stereocenters. The van der Waals surface area contributed by atoms with Gasteiger partial charge in [0.05, 0.1) is 11.8 Å². The van der Waals surface area contributed by atoms with E-state index in [9.17, 15) is 18.0 Å². The SMILES string of the molecule is C=CCNC(=O)C(=O)c1c[nH]c2ccc(CNS(C)(=O)=O)cc12. The maximum Gasteiger partial charge on any atom is 0.292 e. The molecule has 1 aromatic carbocycles. The fourth-order valence-electron chi connectivity index (χ4n) is 2.05. The Labute approximate surface area is 133 Å². The number of carbonyl (C=O) groups excluding carboxylic acids is 2. The number of benzene rings is 1. The Balaban J connectivity index is 2.29. The highest BCUT2D eigenvalue weighted by Gasteiger charge is 2.19. The monoisotopic (exact) mass is 335 g/mol. The van der Waals surface area contributed by atoms with Gasteiger partial charge in [-0.1, -0.05) is 12.1 Å². The molecule has 3 N–H and O–H groups in total. The number of aromatic nitrogens is 1. The van der Waals surface area contributed by atoms with Crippen molar-refractivity contribution in [1.29, 1.82) is 0 Å². The standard InChI is InChI=1S/C15H17N3O4S/c1-3-6-16-15(20)14(19)12-9-17-13-5-4-10(7-11(12)13)8-18-23(2,21)22/h3-5,7,9,17-18H,1,6,8H2,2H3,(H,16,20). The third kappa shape index (κ3) is 4.27. The van der Waals surface area contributed by atoms with E-state index in [-0.39, 0.29) is 18.7 Å². The predicted octanol–water partition coefficient (Wildman–Crippen LogP) is 0.702. The van der Waals surface area contributed by atoms with Gasteiger partial charge in [0.1, 0.15) is 0 Å². The van der Waals surface area contributed by atoms with Gasteiger partial charge in [-0.25, -0.2) is 13.1 Å². The van der Waals surface area contributed by atoms with E-state index in [4.69, 9.17) is 0 Å². The first-order valence-electron chi connectivity index (χ1n) is 6.80. The number of rotatable bonds is 7. The molecular weight excluding hydrogens is 318 g/mol. The Hall–Kier alpha value is -2.45. The lowest BCUT2D eigenvalue weighted by molar-refractivity contribution is -0.116. The largest absolute Gasteiger partial charge is 0.360 e. The van der Waals surface area contributed by atoms with Crippen LogP contribution in [0.5, 0.6) is 0 Å². The van der Waals surface area contributed by atoms with Crippen molar-refractivity contribution >= 4 is 32.6 Å². The fourth-order valence-corrected chi connectivity index (χ4v) is 2.48. The summed E-state index contributed by atoms with van der Waals surface area (Å²) in [4.78, 5) is 26.9. The van der Waals surface area contributed by atoms with Crippen LogP contribution in [0.4, 0.5) is 0 Å². The van der Waals surface area contributed by atoms with Crippen molar-refractivity contribution < 1.29 is 18.0 Å². The van der Waals surface area contributed by atoms with E-state index < -0.39 is 21.7 Å². The summed E-state index contributed by atoms with van der Waals surface area (Å²) in [5.74, 6) is -1.38. The second-order valence-corrected chi connectivity index (χ2v) is 6.84. The second-order valence-electron chi connectivity index (χ2n) is 5.00. The van der Waals surface area contributed by atoms with Crippen molar-refractivity contribution in [2.24, 2.45) is 0 Å². The second kappa shape index (κ2) is 6.76. The first-order chi connectivity index (χ1) is 10.8. The Kier molecular flexibility index (Phi) is 4.97. The summed E-state index contributed by atoms with van der Waals surface area (Å²) in [5.41, 5.74) is 1.61. The molecule has 7 nitrogen and oxygen atoms in total. The minimum absolute atomic E-state index is 0.107. The average Bonchev–Trinajstić information content (AvgIpc) is 2.92. The summed E-state index contributed by atoms with van der Waals surface area (Å²) < 4.78 is 24.7. The molecule has 0 spiro atoms. The van der Waals surface area contributed by atoms with E-state index >= 15 is 0 Å². The lowest BCUT2D eigenvalue weighted by Gasteiger charge is -2.04. The highest BCUT2D eigenvalue weighted by molar-refractivity contribution is 7.88. The maximum absolute atomic E-state index is 12.2. The van der Waals surface area contributed by atoms with Crippen LogP contribution in [0.15, 0.2) is 37.1 Å². The minimum atomic E-state index is -3.31. The van der Waals surface area contributed by atoms with E-state index in [1.54, 1.807) is 18.2 Å². The van der Waals surface area contributed by atoms with Gasteiger partial charge in [-0.3, -0.25) is 9.59 Å². The van der Waals surface area contributed by atoms with E-state index in [0.29, 0.717) is 16.5 Å². The quantitative estimate of drug-likeness (QED) is 0.393. The Morgan fingerprint density at radius 3 is 2.74 bits per heavy atom. The Bertz CT molecular complexity index is 868. The number of hydrogen-bond donors (Lipinski definition) is 3. The fraction of sp³-hybridized carbons (Fsp3) is 0.200. The number of carbonyl (C=O) groups is 2. The summed E-state index contributed by atoms with van der Waals surface area (Å²) in [6.45, 7) is 3.78. The first kappa shape index (κ1) is 16.9. The van der Waals surface area contributed by atoms with Crippen LogP contribution >= 0.6 is 0 Å². The molecule has 0 fully saturated rings. The van der Waals surface area contributed by atoms with Crippen molar-refractivity contribution in [2.45, 2.75) is 6.54 Å². The number of amides is 1. The van der Waals surface area contributed by atoms with Crippen molar-refractivity contribution in [3.63, 3.8) is 0 Å². The smallest absolute Gasteiger partial charge is 0.292 e. The molecule has 23 heavy (non-hydrogen) atoms. The Morgan fingerprint density at radius 1 is 1.35 bits per heavy atom. The van der Waals surface area contributed by atoms with E-state index in [0.717, 1.165) is 6.26 Å². The zero-order valence-corrected chi connectivity index (χ0v) is 13.4. The summed E-state index contributed by atoms with van der Waals surface area (Å²) in [7, 11) is -3.31. The molecule has 122 valence electrons. The van der Waals surface area contributed by atoms with Crippen molar-refractivity contribution in [1.82, 2.24) is 15.0 Å². The average molecular weight is 335 g/mol. The molecule has 0 bridgehead atoms. The van der Waals surface area contributed by atoms with Crippen molar-refractivity contribution in [2.75, 3.05) is 12.8 Å². The molecular formula is C15H17N3O4S. The summed E-state index contributed by atoms with van der Waals surface area (Å²) in [5, 5.41) is 3.00. The number of sulfonamides is 1. The normalized spacial score (nSPS) is 11.3. The van der Waals surface area contributed by atoms with Crippen LogP contribution in [-0.2, 0) is 21.4 Å². The van der Waals surface area contributed by atoms with Crippen LogP contribution in [-0.4, -0.2) is 37.9 Å². The summed E-state index contributed by atoms with van der Waals surface area (Å²) >= 11 is 0. The Morgan fingerprint density at radius 2 is 2.09 bits per heavy atom. The molecule has 2 rings (SSSR count). The van der Waals surface area contributed by atoms with Crippen molar-refractivity contribution in [3.05, 3.63) is 48.2 Å². The lowest BCUT2D eigenvalue weighted by Crippen LogP contribution is -2.30. The lowest BCUT2D eigenvalue weighted by atomic mass is 10.1.